The molecule has 3 aromatic rings. The van der Waals surface area contributed by atoms with Crippen LogP contribution >= 0.6 is 23.2 Å². The molecule has 0 amide bonds. The fraction of sp³-hybridized carbons (Fsp3) is 0.0714. The van der Waals surface area contributed by atoms with E-state index in [1.54, 1.807) is 0 Å². The lowest BCUT2D eigenvalue weighted by atomic mass is 10.1. The summed E-state index contributed by atoms with van der Waals surface area (Å²) in [6.07, 6.45) is 3.46. The van der Waals surface area contributed by atoms with Crippen molar-refractivity contribution in [1.29, 1.82) is 0 Å². The summed E-state index contributed by atoms with van der Waals surface area (Å²) >= 11 is 10.9. The molecule has 92 valence electrons. The highest BCUT2D eigenvalue weighted by Crippen LogP contribution is 2.25. The average Bonchev–Trinajstić information content (AvgIpc) is 2.41. The average molecular weight is 280 g/mol. The van der Waals surface area contributed by atoms with E-state index < -0.39 is 0 Å². The molecule has 0 aliphatic carbocycles. The van der Waals surface area contributed by atoms with Crippen LogP contribution in [0.15, 0.2) is 48.7 Å². The summed E-state index contributed by atoms with van der Waals surface area (Å²) in [6.45, 7) is 0. The molecule has 0 radical (unpaired) electrons. The molecule has 0 saturated carbocycles. The number of benzene rings is 1. The van der Waals surface area contributed by atoms with Crippen LogP contribution in [-0.4, -0.2) is 6.38 Å². The Hall–Kier alpha value is -1.51. The number of para-hydroxylation sites is 1. The predicted octanol–water partition coefficient (Wildman–Crippen LogP) is 3.67. The number of nitrogen functional groups attached to an aromatic ring is 1. The second-order valence-electron chi connectivity index (χ2n) is 3.73. The first-order chi connectivity index (χ1) is 8.77. The molecule has 0 aliphatic heterocycles. The van der Waals surface area contributed by atoms with E-state index in [9.17, 15) is 0 Å². The van der Waals surface area contributed by atoms with Gasteiger partial charge in [0.1, 0.15) is 5.02 Å². The number of halogens is 2. The molecule has 2 nitrogen and oxygen atoms in total. The SMILES string of the molecule is CCl.Nc1cc2cccc[n+]2c2c(Cl)cccc12. The van der Waals surface area contributed by atoms with E-state index in [1.165, 1.54) is 6.38 Å². The van der Waals surface area contributed by atoms with Gasteiger partial charge in [-0.1, -0.05) is 17.7 Å². The van der Waals surface area contributed by atoms with Crippen LogP contribution in [0.2, 0.25) is 5.02 Å². The van der Waals surface area contributed by atoms with Gasteiger partial charge in [-0.2, -0.15) is 4.40 Å². The van der Waals surface area contributed by atoms with E-state index >= 15 is 0 Å². The van der Waals surface area contributed by atoms with Crippen molar-refractivity contribution in [3.8, 4) is 0 Å². The van der Waals surface area contributed by atoms with E-state index in [0.29, 0.717) is 5.02 Å². The number of anilines is 1. The second-order valence-corrected chi connectivity index (χ2v) is 4.14. The number of aromatic nitrogens is 1. The van der Waals surface area contributed by atoms with Crippen molar-refractivity contribution in [3.05, 3.63) is 53.7 Å². The predicted molar refractivity (Wildman–Crippen MR) is 78.3 cm³/mol. The third kappa shape index (κ3) is 2.09. The minimum atomic E-state index is 0.714. The van der Waals surface area contributed by atoms with Crippen LogP contribution in [0.4, 0.5) is 5.69 Å². The number of rotatable bonds is 0. The Balaban J connectivity index is 0.000000574. The molecular weight excluding hydrogens is 267 g/mol. The van der Waals surface area contributed by atoms with Gasteiger partial charge in [0.2, 0.25) is 11.0 Å². The summed E-state index contributed by atoms with van der Waals surface area (Å²) in [6, 6.07) is 13.7. The number of nitrogens with two attached hydrogens (primary N) is 1. The first-order valence-corrected chi connectivity index (χ1v) is 6.55. The zero-order chi connectivity index (χ0) is 13.1. The van der Waals surface area contributed by atoms with Gasteiger partial charge < -0.3 is 5.73 Å². The quantitative estimate of drug-likeness (QED) is 0.380. The summed E-state index contributed by atoms with van der Waals surface area (Å²) in [5.41, 5.74) is 8.77. The molecule has 18 heavy (non-hydrogen) atoms. The molecule has 0 saturated heterocycles. The lowest BCUT2D eigenvalue weighted by Crippen LogP contribution is -2.22. The van der Waals surface area contributed by atoms with Crippen molar-refractivity contribution in [2.75, 3.05) is 12.1 Å². The molecule has 0 spiro atoms. The third-order valence-corrected chi connectivity index (χ3v) is 3.04. The number of nitrogens with zero attached hydrogens (tertiary/aromatic N) is 1. The highest BCUT2D eigenvalue weighted by Gasteiger charge is 2.14. The summed E-state index contributed by atoms with van der Waals surface area (Å²) in [5, 5.41) is 1.70. The summed E-state index contributed by atoms with van der Waals surface area (Å²) in [7, 11) is 0. The van der Waals surface area contributed by atoms with E-state index in [2.05, 4.69) is 11.6 Å². The number of hydrogen-bond donors (Lipinski definition) is 1. The smallest absolute Gasteiger partial charge is 0.239 e. The molecule has 0 aliphatic rings. The second kappa shape index (κ2) is 5.42. The van der Waals surface area contributed by atoms with Crippen LogP contribution in [0.3, 0.4) is 0 Å². The monoisotopic (exact) mass is 279 g/mol. The number of pyridine rings is 2. The van der Waals surface area contributed by atoms with Crippen LogP contribution in [0, 0.1) is 0 Å². The van der Waals surface area contributed by atoms with Crippen molar-refractivity contribution in [2.45, 2.75) is 0 Å². The van der Waals surface area contributed by atoms with Gasteiger partial charge in [-0.25, -0.2) is 0 Å². The molecule has 2 N–H and O–H groups in total. The summed E-state index contributed by atoms with van der Waals surface area (Å²) < 4.78 is 2.05. The zero-order valence-electron chi connectivity index (χ0n) is 9.90. The molecule has 0 bridgehead atoms. The highest BCUT2D eigenvalue weighted by molar-refractivity contribution is 6.35. The van der Waals surface area contributed by atoms with Gasteiger partial charge in [-0.15, -0.1) is 11.6 Å². The molecule has 0 atom stereocenters. The van der Waals surface area contributed by atoms with E-state index in [-0.39, 0.29) is 0 Å². The summed E-state index contributed by atoms with van der Waals surface area (Å²) in [5.74, 6) is 0. The van der Waals surface area contributed by atoms with Crippen LogP contribution in [0.5, 0.6) is 0 Å². The Morgan fingerprint density at radius 1 is 1.06 bits per heavy atom. The molecular formula is C14H13Cl2N2+. The van der Waals surface area contributed by atoms with E-state index in [1.807, 2.05) is 53.1 Å². The lowest BCUT2D eigenvalue weighted by molar-refractivity contribution is -0.481. The Labute approximate surface area is 116 Å². The first kappa shape index (κ1) is 12.9. The lowest BCUT2D eigenvalue weighted by Gasteiger charge is -2.02. The van der Waals surface area contributed by atoms with Crippen LogP contribution in [0.1, 0.15) is 0 Å². The maximum atomic E-state index is 6.23. The molecule has 1 aromatic carbocycles. The normalized spacial score (nSPS) is 10.2. The molecule has 3 rings (SSSR count). The van der Waals surface area contributed by atoms with Crippen molar-refractivity contribution in [3.63, 3.8) is 0 Å². The fourth-order valence-electron chi connectivity index (χ4n) is 2.01. The number of fused-ring (bicyclic) bond motifs is 3. The molecule has 2 heterocycles. The Bertz CT molecular complexity index is 696. The Morgan fingerprint density at radius 3 is 2.61 bits per heavy atom. The topological polar surface area (TPSA) is 30.1 Å². The van der Waals surface area contributed by atoms with Gasteiger partial charge in [-0.05, 0) is 18.2 Å². The highest BCUT2D eigenvalue weighted by atomic mass is 35.5. The minimum Gasteiger partial charge on any atom is -0.398 e. The van der Waals surface area contributed by atoms with Gasteiger partial charge >= 0.3 is 0 Å². The van der Waals surface area contributed by atoms with Crippen LogP contribution in [-0.2, 0) is 0 Å². The summed E-state index contributed by atoms with van der Waals surface area (Å²) in [4.78, 5) is 0. The molecule has 0 fully saturated rings. The Kier molecular flexibility index (Phi) is 3.90. The standard InChI is InChI=1S/C13H9ClN2.CH3Cl/c14-11-6-3-5-10-12(15)8-9-4-1-2-7-16(9)13(10)11;1-2/h1-8,15H;1H3/p+1. The van der Waals surface area contributed by atoms with Gasteiger partial charge in [0, 0.05) is 24.6 Å². The van der Waals surface area contributed by atoms with Crippen molar-refractivity contribution >= 4 is 45.3 Å². The molecule has 2 aromatic heterocycles. The van der Waals surface area contributed by atoms with Gasteiger partial charge in [0.05, 0.1) is 11.1 Å². The number of hydrogen-bond acceptors (Lipinski definition) is 1. The van der Waals surface area contributed by atoms with E-state index in [4.69, 9.17) is 17.3 Å². The first-order valence-electron chi connectivity index (χ1n) is 5.42. The van der Waals surface area contributed by atoms with Crippen molar-refractivity contribution in [2.24, 2.45) is 0 Å². The minimum absolute atomic E-state index is 0.714. The third-order valence-electron chi connectivity index (χ3n) is 2.73. The van der Waals surface area contributed by atoms with Crippen molar-refractivity contribution < 1.29 is 4.40 Å². The zero-order valence-corrected chi connectivity index (χ0v) is 11.4. The van der Waals surface area contributed by atoms with Gasteiger partial charge in [0.15, 0.2) is 6.20 Å². The van der Waals surface area contributed by atoms with Gasteiger partial charge in [-0.3, -0.25) is 0 Å². The van der Waals surface area contributed by atoms with E-state index in [0.717, 1.165) is 22.1 Å². The molecule has 0 unspecified atom stereocenters. The maximum absolute atomic E-state index is 6.23. The molecule has 4 heteroatoms. The fourth-order valence-corrected chi connectivity index (χ4v) is 2.27. The maximum Gasteiger partial charge on any atom is 0.239 e. The number of alkyl halides is 1. The van der Waals surface area contributed by atoms with Crippen molar-refractivity contribution in [1.82, 2.24) is 0 Å². The van der Waals surface area contributed by atoms with Gasteiger partial charge in [0.25, 0.3) is 0 Å². The Morgan fingerprint density at radius 2 is 1.83 bits per heavy atom. The van der Waals surface area contributed by atoms with Crippen LogP contribution in [0.25, 0.3) is 16.4 Å². The largest absolute Gasteiger partial charge is 0.398 e. The van der Waals surface area contributed by atoms with Crippen LogP contribution < -0.4 is 10.1 Å².